The molecule has 0 fully saturated rings. The van der Waals surface area contributed by atoms with Gasteiger partial charge in [0.15, 0.2) is 6.61 Å². The van der Waals surface area contributed by atoms with E-state index in [1.54, 1.807) is 4.57 Å². The normalized spacial score (nSPS) is 10.5. The van der Waals surface area contributed by atoms with Crippen LogP contribution in [0.25, 0.3) is 11.0 Å². The highest BCUT2D eigenvalue weighted by molar-refractivity contribution is 5.83. The van der Waals surface area contributed by atoms with Crippen molar-refractivity contribution in [3.63, 3.8) is 0 Å². The van der Waals surface area contributed by atoms with Gasteiger partial charge >= 0.3 is 11.7 Å². The van der Waals surface area contributed by atoms with Crippen molar-refractivity contribution in [2.24, 2.45) is 0 Å². The number of carbonyl (C=O) groups excluding carboxylic acids is 3. The molecule has 0 radical (unpaired) electrons. The second kappa shape index (κ2) is 8.84. The Morgan fingerprint density at radius 1 is 1.04 bits per heavy atom. The van der Waals surface area contributed by atoms with Gasteiger partial charge < -0.3 is 4.74 Å². The molecule has 2 amide bonds. The van der Waals surface area contributed by atoms with Crippen LogP contribution in [-0.4, -0.2) is 33.5 Å². The lowest BCUT2D eigenvalue weighted by atomic mass is 10.3. The number of esters is 1. The number of para-hydroxylation sites is 2. The molecule has 0 aliphatic carbocycles. The van der Waals surface area contributed by atoms with Gasteiger partial charge in [-0.25, -0.2) is 4.79 Å². The zero-order valence-corrected chi connectivity index (χ0v) is 14.8. The summed E-state index contributed by atoms with van der Waals surface area (Å²) in [6, 6.07) is 7.39. The monoisotopic (exact) mass is 362 g/mol. The van der Waals surface area contributed by atoms with E-state index >= 15 is 0 Å². The molecule has 2 aromatic rings. The Balaban J connectivity index is 1.98. The third-order valence-electron chi connectivity index (χ3n) is 3.65. The molecule has 0 saturated carbocycles. The zero-order valence-electron chi connectivity index (χ0n) is 14.8. The first-order valence-corrected chi connectivity index (χ1v) is 8.33. The van der Waals surface area contributed by atoms with Gasteiger partial charge in [0.1, 0.15) is 0 Å². The van der Waals surface area contributed by atoms with E-state index in [9.17, 15) is 19.2 Å². The van der Waals surface area contributed by atoms with Crippen LogP contribution >= 0.6 is 0 Å². The molecule has 0 aliphatic rings. The number of hydrogen-bond donors (Lipinski definition) is 2. The number of fused-ring (bicyclic) bond motifs is 1. The van der Waals surface area contributed by atoms with Crippen molar-refractivity contribution in [3.05, 3.63) is 34.7 Å². The summed E-state index contributed by atoms with van der Waals surface area (Å²) < 4.78 is 8.05. The molecule has 0 spiro atoms. The van der Waals surface area contributed by atoms with Gasteiger partial charge in [0, 0.05) is 20.0 Å². The summed E-state index contributed by atoms with van der Waals surface area (Å²) in [6.07, 6.45) is 0.771. The number of hydrazine groups is 1. The number of benzene rings is 1. The maximum absolute atomic E-state index is 12.6. The van der Waals surface area contributed by atoms with Crippen molar-refractivity contribution in [1.29, 1.82) is 0 Å². The number of carbonyl (C=O) groups is 3. The molecule has 140 valence electrons. The van der Waals surface area contributed by atoms with Gasteiger partial charge in [0.25, 0.3) is 5.91 Å². The van der Waals surface area contributed by atoms with Crippen molar-refractivity contribution in [3.8, 4) is 0 Å². The first kappa shape index (κ1) is 19.2. The molecule has 26 heavy (non-hydrogen) atoms. The molecular formula is C17H22N4O5. The molecule has 9 nitrogen and oxygen atoms in total. The lowest BCUT2D eigenvalue weighted by molar-refractivity contribution is -0.149. The summed E-state index contributed by atoms with van der Waals surface area (Å²) in [4.78, 5) is 46.4. The second-order valence-corrected chi connectivity index (χ2v) is 5.71. The van der Waals surface area contributed by atoms with Crippen LogP contribution < -0.4 is 16.5 Å². The summed E-state index contributed by atoms with van der Waals surface area (Å²) in [5, 5.41) is 0. The van der Waals surface area contributed by atoms with Crippen molar-refractivity contribution in [1.82, 2.24) is 20.0 Å². The fraction of sp³-hybridized carbons (Fsp3) is 0.412. The Hall–Kier alpha value is -3.10. The number of nitrogens with one attached hydrogen (secondary N) is 2. The summed E-state index contributed by atoms with van der Waals surface area (Å²) >= 11 is 0. The molecule has 0 bridgehead atoms. The quantitative estimate of drug-likeness (QED) is 0.544. The van der Waals surface area contributed by atoms with Crippen LogP contribution in [0, 0.1) is 0 Å². The molecular weight excluding hydrogens is 340 g/mol. The van der Waals surface area contributed by atoms with Crippen LogP contribution in [0.5, 0.6) is 0 Å². The van der Waals surface area contributed by atoms with E-state index in [4.69, 9.17) is 4.74 Å². The largest absolute Gasteiger partial charge is 0.455 e. The molecule has 1 aromatic heterocycles. The first-order chi connectivity index (χ1) is 12.4. The van der Waals surface area contributed by atoms with Gasteiger partial charge in [-0.1, -0.05) is 19.1 Å². The summed E-state index contributed by atoms with van der Waals surface area (Å²) in [6.45, 7) is 3.47. The van der Waals surface area contributed by atoms with E-state index in [0.29, 0.717) is 6.54 Å². The fourth-order valence-electron chi connectivity index (χ4n) is 2.54. The minimum absolute atomic E-state index is 0.0482. The number of ether oxygens (including phenoxy) is 1. The molecule has 0 unspecified atom stereocenters. The molecule has 9 heteroatoms. The minimum Gasteiger partial charge on any atom is -0.455 e. The smallest absolute Gasteiger partial charge is 0.329 e. The lowest BCUT2D eigenvalue weighted by Gasteiger charge is -2.07. The molecule has 1 aromatic carbocycles. The molecule has 1 heterocycles. The predicted molar refractivity (Wildman–Crippen MR) is 94.0 cm³/mol. The molecule has 0 saturated heterocycles. The standard InChI is InChI=1S/C17H22N4O5/c1-3-9-20-13-6-4-5-7-14(13)21(17(20)25)10-8-16(24)26-11-15(23)19-18-12(2)22/h4-7H,3,8-11H2,1-2H3,(H,18,22)(H,19,23). The van der Waals surface area contributed by atoms with Crippen molar-refractivity contribution in [2.75, 3.05) is 6.61 Å². The van der Waals surface area contributed by atoms with Crippen molar-refractivity contribution >= 4 is 28.8 Å². The van der Waals surface area contributed by atoms with Crippen LogP contribution in [0.15, 0.2) is 29.1 Å². The molecule has 0 aliphatic heterocycles. The third kappa shape index (κ3) is 4.71. The minimum atomic E-state index is -0.648. The number of amides is 2. The van der Waals surface area contributed by atoms with Gasteiger partial charge in [-0.15, -0.1) is 0 Å². The van der Waals surface area contributed by atoms with Crippen molar-refractivity contribution < 1.29 is 19.1 Å². The van der Waals surface area contributed by atoms with Crippen LogP contribution in [0.1, 0.15) is 26.7 Å². The van der Waals surface area contributed by atoms with Gasteiger partial charge in [-0.05, 0) is 18.6 Å². The first-order valence-electron chi connectivity index (χ1n) is 8.33. The Labute approximate surface area is 149 Å². The Morgan fingerprint density at radius 3 is 2.23 bits per heavy atom. The second-order valence-electron chi connectivity index (χ2n) is 5.71. The van der Waals surface area contributed by atoms with E-state index in [0.717, 1.165) is 17.5 Å². The average Bonchev–Trinajstić information content (AvgIpc) is 2.88. The highest BCUT2D eigenvalue weighted by atomic mass is 16.5. The molecule has 2 rings (SSSR count). The number of rotatable bonds is 7. The van der Waals surface area contributed by atoms with Crippen molar-refractivity contribution in [2.45, 2.75) is 39.8 Å². The Morgan fingerprint density at radius 2 is 1.65 bits per heavy atom. The van der Waals surface area contributed by atoms with E-state index in [1.807, 2.05) is 31.2 Å². The zero-order chi connectivity index (χ0) is 19.1. The van der Waals surface area contributed by atoms with Crippen LogP contribution in [-0.2, 0) is 32.2 Å². The lowest BCUT2D eigenvalue weighted by Crippen LogP contribution is -2.42. The van der Waals surface area contributed by atoms with Crippen LogP contribution in [0.4, 0.5) is 0 Å². The summed E-state index contributed by atoms with van der Waals surface area (Å²) in [5.41, 5.74) is 5.58. The van der Waals surface area contributed by atoms with E-state index in [2.05, 4.69) is 10.9 Å². The summed E-state index contributed by atoms with van der Waals surface area (Å²) in [7, 11) is 0. The van der Waals surface area contributed by atoms with Gasteiger partial charge in [0.05, 0.1) is 17.5 Å². The van der Waals surface area contributed by atoms with E-state index in [-0.39, 0.29) is 18.7 Å². The molecule has 0 atom stereocenters. The average molecular weight is 362 g/mol. The molecule has 2 N–H and O–H groups in total. The van der Waals surface area contributed by atoms with E-state index < -0.39 is 24.4 Å². The highest BCUT2D eigenvalue weighted by Crippen LogP contribution is 2.13. The van der Waals surface area contributed by atoms with Gasteiger partial charge in [-0.2, -0.15) is 0 Å². The number of aryl methyl sites for hydroxylation is 2. The SMILES string of the molecule is CCCn1c(=O)n(CCC(=O)OCC(=O)NNC(C)=O)c2ccccc21. The van der Waals surface area contributed by atoms with Gasteiger partial charge in [0.2, 0.25) is 5.91 Å². The topological polar surface area (TPSA) is 111 Å². The maximum atomic E-state index is 12.6. The maximum Gasteiger partial charge on any atom is 0.329 e. The number of hydrogen-bond acceptors (Lipinski definition) is 5. The van der Waals surface area contributed by atoms with E-state index in [1.165, 1.54) is 11.5 Å². The third-order valence-corrected chi connectivity index (χ3v) is 3.65. The number of nitrogens with zero attached hydrogens (tertiary/aromatic N) is 2. The van der Waals surface area contributed by atoms with Crippen LogP contribution in [0.2, 0.25) is 0 Å². The predicted octanol–water partition coefficient (Wildman–Crippen LogP) is 0.314. The fourth-order valence-corrected chi connectivity index (χ4v) is 2.54. The number of aromatic nitrogens is 2. The highest BCUT2D eigenvalue weighted by Gasteiger charge is 2.14. The van der Waals surface area contributed by atoms with Gasteiger partial charge in [-0.3, -0.25) is 34.4 Å². The van der Waals surface area contributed by atoms with Crippen LogP contribution in [0.3, 0.4) is 0 Å². The number of imidazole rings is 1. The Bertz CT molecular complexity index is 868. The Kier molecular flexibility index (Phi) is 6.54. The summed E-state index contributed by atoms with van der Waals surface area (Å²) in [5.74, 6) is -1.69.